The van der Waals surface area contributed by atoms with E-state index < -0.39 is 0 Å². The number of nitrogens with one attached hydrogen (secondary N) is 1. The van der Waals surface area contributed by atoms with Gasteiger partial charge in [0.2, 0.25) is 0 Å². The number of esters is 2. The lowest BCUT2D eigenvalue weighted by molar-refractivity contribution is -0.143. The lowest BCUT2D eigenvalue weighted by Gasteiger charge is -2.16. The zero-order valence-electron chi connectivity index (χ0n) is 10.8. The monoisotopic (exact) mass is 277 g/mol. The molecule has 2 unspecified atom stereocenters. The fourth-order valence-corrected chi connectivity index (χ4v) is 2.87. The molecule has 1 N–H and O–H groups in total. The first-order valence-electron chi connectivity index (χ1n) is 5.76. The van der Waals surface area contributed by atoms with Gasteiger partial charge in [-0.05, 0) is 6.92 Å². The van der Waals surface area contributed by atoms with Gasteiger partial charge in [0.15, 0.2) is 0 Å². The lowest BCUT2D eigenvalue weighted by Crippen LogP contribution is -2.36. The number of carbonyl (C=O) groups excluding carboxylic acids is 2. The van der Waals surface area contributed by atoms with Crippen LogP contribution in [0, 0.1) is 0 Å². The summed E-state index contributed by atoms with van der Waals surface area (Å²) in [5, 5.41) is 2.99. The van der Waals surface area contributed by atoms with Crippen molar-refractivity contribution in [3.63, 3.8) is 0 Å². The fourth-order valence-electron chi connectivity index (χ4n) is 1.77. The zero-order chi connectivity index (χ0) is 13.5. The van der Waals surface area contributed by atoms with Crippen molar-refractivity contribution < 1.29 is 23.8 Å². The number of hydrogen-bond acceptors (Lipinski definition) is 7. The molecule has 6 nitrogen and oxygen atoms in total. The summed E-state index contributed by atoms with van der Waals surface area (Å²) in [6.07, 6.45) is 0.428. The van der Waals surface area contributed by atoms with Crippen molar-refractivity contribution in [2.45, 2.75) is 30.9 Å². The molecule has 0 aromatic rings. The first kappa shape index (κ1) is 15.3. The van der Waals surface area contributed by atoms with Crippen LogP contribution in [0.1, 0.15) is 13.3 Å². The SMILES string of the molecule is CCOC(=O)CSC1N[C@H](C(=O)OC)CC1OC. The molecule has 18 heavy (non-hydrogen) atoms. The van der Waals surface area contributed by atoms with Crippen molar-refractivity contribution in [3.05, 3.63) is 0 Å². The fraction of sp³-hybridized carbons (Fsp3) is 0.818. The van der Waals surface area contributed by atoms with E-state index in [1.54, 1.807) is 14.0 Å². The number of hydrogen-bond donors (Lipinski definition) is 1. The normalized spacial score (nSPS) is 26.9. The van der Waals surface area contributed by atoms with Gasteiger partial charge >= 0.3 is 11.9 Å². The van der Waals surface area contributed by atoms with Crippen LogP contribution in [0.2, 0.25) is 0 Å². The summed E-state index contributed by atoms with van der Waals surface area (Å²) < 4.78 is 14.8. The van der Waals surface area contributed by atoms with Crippen LogP contribution in [-0.2, 0) is 23.8 Å². The molecule has 1 aliphatic heterocycles. The van der Waals surface area contributed by atoms with Crippen molar-refractivity contribution in [1.29, 1.82) is 0 Å². The maximum Gasteiger partial charge on any atom is 0.322 e. The molecule has 1 saturated heterocycles. The molecule has 0 aromatic heterocycles. The van der Waals surface area contributed by atoms with Crippen molar-refractivity contribution in [2.24, 2.45) is 0 Å². The molecular formula is C11H19NO5S. The summed E-state index contributed by atoms with van der Waals surface area (Å²) in [4.78, 5) is 22.7. The van der Waals surface area contributed by atoms with Gasteiger partial charge in [-0.25, -0.2) is 0 Å². The first-order chi connectivity index (χ1) is 8.62. The van der Waals surface area contributed by atoms with Gasteiger partial charge in [0.25, 0.3) is 0 Å². The molecule has 0 radical (unpaired) electrons. The van der Waals surface area contributed by atoms with E-state index in [1.165, 1.54) is 18.9 Å². The topological polar surface area (TPSA) is 73.9 Å². The summed E-state index contributed by atoms with van der Waals surface area (Å²) in [6.45, 7) is 2.14. The Morgan fingerprint density at radius 2 is 2.11 bits per heavy atom. The molecule has 0 bridgehead atoms. The summed E-state index contributed by atoms with van der Waals surface area (Å²) >= 11 is 1.38. The summed E-state index contributed by atoms with van der Waals surface area (Å²) in [7, 11) is 2.94. The zero-order valence-corrected chi connectivity index (χ0v) is 11.6. The second-order valence-corrected chi connectivity index (χ2v) is 4.92. The van der Waals surface area contributed by atoms with E-state index in [9.17, 15) is 9.59 Å². The van der Waals surface area contributed by atoms with Gasteiger partial charge in [-0.3, -0.25) is 14.9 Å². The molecule has 1 rings (SSSR count). The van der Waals surface area contributed by atoms with E-state index in [2.05, 4.69) is 10.1 Å². The minimum atomic E-state index is -0.375. The van der Waals surface area contributed by atoms with Gasteiger partial charge in [-0.1, -0.05) is 0 Å². The molecule has 3 atom stereocenters. The van der Waals surface area contributed by atoms with Crippen molar-refractivity contribution in [3.8, 4) is 0 Å². The van der Waals surface area contributed by atoms with Crippen molar-refractivity contribution in [2.75, 3.05) is 26.6 Å². The van der Waals surface area contributed by atoms with Crippen LogP contribution in [-0.4, -0.2) is 56.0 Å². The van der Waals surface area contributed by atoms with Gasteiger partial charge in [0, 0.05) is 13.5 Å². The Kier molecular flexibility index (Phi) is 6.45. The highest BCUT2D eigenvalue weighted by atomic mass is 32.2. The smallest absolute Gasteiger partial charge is 0.322 e. The highest BCUT2D eigenvalue weighted by Crippen LogP contribution is 2.25. The molecule has 1 heterocycles. The molecule has 0 aliphatic carbocycles. The largest absolute Gasteiger partial charge is 0.468 e. The number of rotatable bonds is 6. The average molecular weight is 277 g/mol. The Labute approximate surface area is 111 Å². The van der Waals surface area contributed by atoms with Crippen LogP contribution in [0.4, 0.5) is 0 Å². The minimum absolute atomic E-state index is 0.108. The van der Waals surface area contributed by atoms with Crippen LogP contribution in [0.25, 0.3) is 0 Å². The molecule has 0 aromatic carbocycles. The van der Waals surface area contributed by atoms with Crippen molar-refractivity contribution >= 4 is 23.7 Å². The number of thioether (sulfide) groups is 1. The number of ether oxygens (including phenoxy) is 3. The minimum Gasteiger partial charge on any atom is -0.468 e. The highest BCUT2D eigenvalue weighted by molar-refractivity contribution is 8.00. The van der Waals surface area contributed by atoms with Gasteiger partial charge < -0.3 is 14.2 Å². The predicted octanol–water partition coefficient (Wildman–Crippen LogP) is 0.159. The second kappa shape index (κ2) is 7.60. The van der Waals surface area contributed by atoms with Crippen LogP contribution in [0.15, 0.2) is 0 Å². The second-order valence-electron chi connectivity index (χ2n) is 3.79. The number of carbonyl (C=O) groups is 2. The lowest BCUT2D eigenvalue weighted by atomic mass is 10.2. The summed E-state index contributed by atoms with van der Waals surface area (Å²) in [5.41, 5.74) is 0. The standard InChI is InChI=1S/C11H19NO5S/c1-4-17-9(13)6-18-10-8(15-2)5-7(12-10)11(14)16-3/h7-8,10,12H,4-6H2,1-3H3/t7-,8?,10?/m0/s1. The molecular weight excluding hydrogens is 258 g/mol. The molecule has 0 spiro atoms. The van der Waals surface area contributed by atoms with E-state index in [0.717, 1.165) is 0 Å². The van der Waals surface area contributed by atoms with Crippen molar-refractivity contribution in [1.82, 2.24) is 5.32 Å². The van der Waals surface area contributed by atoms with E-state index in [-0.39, 0.29) is 35.2 Å². The first-order valence-corrected chi connectivity index (χ1v) is 6.81. The average Bonchev–Trinajstić information content (AvgIpc) is 2.79. The maximum absolute atomic E-state index is 11.4. The van der Waals surface area contributed by atoms with Gasteiger partial charge in [0.05, 0.1) is 30.9 Å². The van der Waals surface area contributed by atoms with Gasteiger partial charge in [0.1, 0.15) is 6.04 Å². The van der Waals surface area contributed by atoms with E-state index in [0.29, 0.717) is 13.0 Å². The van der Waals surface area contributed by atoms with E-state index in [1.807, 2.05) is 0 Å². The molecule has 1 aliphatic rings. The van der Waals surface area contributed by atoms with Gasteiger partial charge in [-0.2, -0.15) is 0 Å². The Bertz CT molecular complexity index is 299. The third kappa shape index (κ3) is 4.15. The Morgan fingerprint density at radius 3 is 2.67 bits per heavy atom. The van der Waals surface area contributed by atoms with E-state index >= 15 is 0 Å². The molecule has 0 amide bonds. The highest BCUT2D eigenvalue weighted by Gasteiger charge is 2.38. The Hall–Kier alpha value is -0.790. The predicted molar refractivity (Wildman–Crippen MR) is 67.2 cm³/mol. The quantitative estimate of drug-likeness (QED) is 0.693. The third-order valence-corrected chi connectivity index (χ3v) is 3.85. The van der Waals surface area contributed by atoms with Crippen LogP contribution < -0.4 is 5.32 Å². The van der Waals surface area contributed by atoms with Gasteiger partial charge in [-0.15, -0.1) is 11.8 Å². The third-order valence-electron chi connectivity index (χ3n) is 2.65. The number of methoxy groups -OCH3 is 2. The van der Waals surface area contributed by atoms with Crippen LogP contribution in [0.3, 0.4) is 0 Å². The summed E-state index contributed by atoms with van der Waals surface area (Å²) in [6, 6.07) is -0.375. The molecule has 1 fully saturated rings. The Morgan fingerprint density at radius 1 is 1.39 bits per heavy atom. The maximum atomic E-state index is 11.4. The molecule has 7 heteroatoms. The Balaban J connectivity index is 2.44. The van der Waals surface area contributed by atoms with Crippen LogP contribution in [0.5, 0.6) is 0 Å². The summed E-state index contributed by atoms with van der Waals surface area (Å²) in [5.74, 6) is -0.337. The molecule has 104 valence electrons. The molecule has 0 saturated carbocycles. The van der Waals surface area contributed by atoms with Crippen LogP contribution >= 0.6 is 11.8 Å². The van der Waals surface area contributed by atoms with E-state index in [4.69, 9.17) is 9.47 Å².